The maximum atomic E-state index is 12.7. The molecule has 0 radical (unpaired) electrons. The summed E-state index contributed by atoms with van der Waals surface area (Å²) in [6.07, 6.45) is 4.76. The van der Waals surface area contributed by atoms with Gasteiger partial charge in [0, 0.05) is 18.2 Å². The lowest BCUT2D eigenvalue weighted by Crippen LogP contribution is -2.40. The average Bonchev–Trinajstić information content (AvgIpc) is 3.09. The van der Waals surface area contributed by atoms with Crippen LogP contribution in [-0.4, -0.2) is 19.4 Å². The minimum absolute atomic E-state index is 0.00158. The van der Waals surface area contributed by atoms with Gasteiger partial charge in [0.05, 0.1) is 9.82 Å². The standard InChI is InChI=1S/C16H22N2O4S/c1-10-3-6-14(18(19)20)9-16(10)23(21,22)17-11(2)15-8-12-4-5-13(15)7-12/h3,6,9,11-13,15,17H,4-5,7-8H2,1-2H3/t11-,12-,13-,15-/m1/s1. The molecular formula is C16H22N2O4S. The van der Waals surface area contributed by atoms with E-state index in [-0.39, 0.29) is 16.6 Å². The van der Waals surface area contributed by atoms with Crippen LogP contribution in [0.15, 0.2) is 23.1 Å². The summed E-state index contributed by atoms with van der Waals surface area (Å²) in [6.45, 7) is 3.57. The fraction of sp³-hybridized carbons (Fsp3) is 0.625. The van der Waals surface area contributed by atoms with Crippen molar-refractivity contribution in [3.05, 3.63) is 33.9 Å². The van der Waals surface area contributed by atoms with E-state index < -0.39 is 14.9 Å². The zero-order chi connectivity index (χ0) is 16.8. The van der Waals surface area contributed by atoms with Gasteiger partial charge in [-0.1, -0.05) is 12.5 Å². The van der Waals surface area contributed by atoms with Crippen molar-refractivity contribution in [1.29, 1.82) is 0 Å². The van der Waals surface area contributed by atoms with Gasteiger partial charge in [-0.3, -0.25) is 10.1 Å². The van der Waals surface area contributed by atoms with Crippen molar-refractivity contribution in [1.82, 2.24) is 4.72 Å². The number of aryl methyl sites for hydroxylation is 1. The molecule has 2 fully saturated rings. The van der Waals surface area contributed by atoms with E-state index in [1.807, 2.05) is 6.92 Å². The second-order valence-electron chi connectivity index (χ2n) is 6.96. The van der Waals surface area contributed by atoms with Crippen LogP contribution in [0.25, 0.3) is 0 Å². The maximum Gasteiger partial charge on any atom is 0.270 e. The molecule has 0 saturated heterocycles. The highest BCUT2D eigenvalue weighted by atomic mass is 32.2. The quantitative estimate of drug-likeness (QED) is 0.660. The number of nitrogens with zero attached hydrogens (tertiary/aromatic N) is 1. The number of hydrogen-bond donors (Lipinski definition) is 1. The van der Waals surface area contributed by atoms with Crippen LogP contribution in [0, 0.1) is 34.8 Å². The largest absolute Gasteiger partial charge is 0.270 e. The molecule has 126 valence electrons. The maximum absolute atomic E-state index is 12.7. The molecule has 3 rings (SSSR count). The second-order valence-corrected chi connectivity index (χ2v) is 8.64. The SMILES string of the molecule is Cc1ccc([N+](=O)[O-])cc1S(=O)(=O)N[C@H](C)[C@H]1C[C@@H]2CC[C@@H]1C2. The van der Waals surface area contributed by atoms with Gasteiger partial charge in [-0.15, -0.1) is 0 Å². The molecule has 0 unspecified atom stereocenters. The van der Waals surface area contributed by atoms with E-state index in [2.05, 4.69) is 4.72 Å². The van der Waals surface area contributed by atoms with Gasteiger partial charge in [-0.2, -0.15) is 0 Å². The van der Waals surface area contributed by atoms with Crippen LogP contribution >= 0.6 is 0 Å². The van der Waals surface area contributed by atoms with Crippen LogP contribution in [0.3, 0.4) is 0 Å². The topological polar surface area (TPSA) is 89.3 Å². The van der Waals surface area contributed by atoms with Crippen LogP contribution in [-0.2, 0) is 10.0 Å². The summed E-state index contributed by atoms with van der Waals surface area (Å²) in [5, 5.41) is 10.9. The Morgan fingerprint density at radius 2 is 2.04 bits per heavy atom. The average molecular weight is 338 g/mol. The molecule has 1 N–H and O–H groups in total. The molecular weight excluding hydrogens is 316 g/mol. The highest BCUT2D eigenvalue weighted by molar-refractivity contribution is 7.89. The van der Waals surface area contributed by atoms with Crippen LogP contribution < -0.4 is 4.72 Å². The number of rotatable bonds is 5. The van der Waals surface area contributed by atoms with Gasteiger partial charge in [-0.25, -0.2) is 13.1 Å². The van der Waals surface area contributed by atoms with Crippen molar-refractivity contribution in [3.63, 3.8) is 0 Å². The molecule has 0 heterocycles. The first-order valence-corrected chi connectivity index (χ1v) is 9.53. The van der Waals surface area contributed by atoms with Crippen LogP contribution in [0.2, 0.25) is 0 Å². The van der Waals surface area contributed by atoms with E-state index in [0.717, 1.165) is 18.4 Å². The van der Waals surface area contributed by atoms with Gasteiger partial charge >= 0.3 is 0 Å². The molecule has 2 saturated carbocycles. The van der Waals surface area contributed by atoms with E-state index in [1.165, 1.54) is 31.4 Å². The lowest BCUT2D eigenvalue weighted by Gasteiger charge is -2.28. The summed E-state index contributed by atoms with van der Waals surface area (Å²) < 4.78 is 28.1. The summed E-state index contributed by atoms with van der Waals surface area (Å²) in [7, 11) is -3.75. The van der Waals surface area contributed by atoms with E-state index in [0.29, 0.717) is 17.4 Å². The Balaban J connectivity index is 1.81. The van der Waals surface area contributed by atoms with Crippen LogP contribution in [0.1, 0.15) is 38.2 Å². The first kappa shape index (κ1) is 16.4. The van der Waals surface area contributed by atoms with Crippen LogP contribution in [0.5, 0.6) is 0 Å². The van der Waals surface area contributed by atoms with Crippen LogP contribution in [0.4, 0.5) is 5.69 Å². The third-order valence-corrected chi connectivity index (χ3v) is 7.15. The second kappa shape index (κ2) is 5.87. The Hall–Kier alpha value is -1.47. The Kier molecular flexibility index (Phi) is 4.18. The fourth-order valence-corrected chi connectivity index (χ4v) is 5.85. The van der Waals surface area contributed by atoms with Gasteiger partial charge in [0.2, 0.25) is 10.0 Å². The smallest absolute Gasteiger partial charge is 0.258 e. The van der Waals surface area contributed by atoms with Crippen molar-refractivity contribution >= 4 is 15.7 Å². The zero-order valence-electron chi connectivity index (χ0n) is 13.4. The Labute approximate surface area is 136 Å². The molecule has 7 heteroatoms. The van der Waals surface area contributed by atoms with E-state index in [1.54, 1.807) is 6.92 Å². The normalized spacial score (nSPS) is 28.0. The summed E-state index contributed by atoms with van der Waals surface area (Å²) in [4.78, 5) is 10.3. The molecule has 1 aromatic carbocycles. The molecule has 0 amide bonds. The summed E-state index contributed by atoms with van der Waals surface area (Å²) >= 11 is 0. The highest BCUT2D eigenvalue weighted by Crippen LogP contribution is 2.49. The van der Waals surface area contributed by atoms with E-state index >= 15 is 0 Å². The molecule has 23 heavy (non-hydrogen) atoms. The number of benzene rings is 1. The van der Waals surface area contributed by atoms with Gasteiger partial charge in [0.15, 0.2) is 0 Å². The summed E-state index contributed by atoms with van der Waals surface area (Å²) in [6, 6.07) is 3.81. The van der Waals surface area contributed by atoms with E-state index in [9.17, 15) is 18.5 Å². The Morgan fingerprint density at radius 1 is 1.30 bits per heavy atom. The Bertz CT molecular complexity index is 732. The van der Waals surface area contributed by atoms with Gasteiger partial charge in [0.25, 0.3) is 5.69 Å². The third-order valence-electron chi connectivity index (χ3n) is 5.45. The number of nitro groups is 1. The number of non-ortho nitro benzene ring substituents is 1. The van der Waals surface area contributed by atoms with E-state index in [4.69, 9.17) is 0 Å². The number of sulfonamides is 1. The lowest BCUT2D eigenvalue weighted by atomic mass is 9.84. The molecule has 1 aromatic rings. The number of nitro benzene ring substituents is 1. The van der Waals surface area contributed by atoms with Gasteiger partial charge in [-0.05, 0) is 56.4 Å². The van der Waals surface area contributed by atoms with Crippen molar-refractivity contribution in [2.75, 3.05) is 0 Å². The third kappa shape index (κ3) is 3.12. The number of hydrogen-bond acceptors (Lipinski definition) is 4. The lowest BCUT2D eigenvalue weighted by molar-refractivity contribution is -0.385. The van der Waals surface area contributed by atoms with Crippen molar-refractivity contribution in [2.45, 2.75) is 50.5 Å². The van der Waals surface area contributed by atoms with Crippen molar-refractivity contribution in [3.8, 4) is 0 Å². The minimum Gasteiger partial charge on any atom is -0.258 e. The molecule has 2 bridgehead atoms. The summed E-state index contributed by atoms with van der Waals surface area (Å²) in [5.41, 5.74) is 0.312. The molecule has 0 aromatic heterocycles. The Morgan fingerprint density at radius 3 is 2.61 bits per heavy atom. The fourth-order valence-electron chi connectivity index (χ4n) is 4.29. The molecule has 2 aliphatic carbocycles. The molecule has 0 spiro atoms. The molecule has 6 nitrogen and oxygen atoms in total. The van der Waals surface area contributed by atoms with Gasteiger partial charge in [0.1, 0.15) is 0 Å². The zero-order valence-corrected chi connectivity index (χ0v) is 14.2. The number of nitrogens with one attached hydrogen (secondary N) is 1. The van der Waals surface area contributed by atoms with Gasteiger partial charge < -0.3 is 0 Å². The summed E-state index contributed by atoms with van der Waals surface area (Å²) in [5.74, 6) is 1.74. The number of fused-ring (bicyclic) bond motifs is 2. The molecule has 4 atom stereocenters. The van der Waals surface area contributed by atoms with Crippen molar-refractivity contribution < 1.29 is 13.3 Å². The first-order chi connectivity index (χ1) is 10.8. The van der Waals surface area contributed by atoms with Crippen molar-refractivity contribution in [2.24, 2.45) is 17.8 Å². The predicted octanol–water partition coefficient (Wildman–Crippen LogP) is 3.01. The molecule has 2 aliphatic rings. The highest BCUT2D eigenvalue weighted by Gasteiger charge is 2.42. The predicted molar refractivity (Wildman–Crippen MR) is 86.6 cm³/mol. The first-order valence-electron chi connectivity index (χ1n) is 8.05. The molecule has 0 aliphatic heterocycles. The monoisotopic (exact) mass is 338 g/mol. The minimum atomic E-state index is -3.75.